The number of carbonyl (C=O) groups is 1. The molecule has 0 saturated heterocycles. The van der Waals surface area contributed by atoms with Gasteiger partial charge in [-0.05, 0) is 37.0 Å². The van der Waals surface area contributed by atoms with E-state index >= 15 is 0 Å². The number of hydrogen-bond donors (Lipinski definition) is 0. The van der Waals surface area contributed by atoms with Crippen molar-refractivity contribution in [2.24, 2.45) is 23.7 Å². The van der Waals surface area contributed by atoms with E-state index in [0.29, 0.717) is 22.4 Å². The lowest BCUT2D eigenvalue weighted by atomic mass is 9.69. The molecular weight excluding hydrogens is 323 g/mol. The van der Waals surface area contributed by atoms with Crippen LogP contribution in [0.1, 0.15) is 19.3 Å². The summed E-state index contributed by atoms with van der Waals surface area (Å²) in [4.78, 5) is 11.9. The third kappa shape index (κ3) is 1.36. The van der Waals surface area contributed by atoms with Crippen LogP contribution < -0.4 is 0 Å². The van der Waals surface area contributed by atoms with Crippen molar-refractivity contribution >= 4 is 40.8 Å². The molecule has 6 heteroatoms. The molecule has 3 nitrogen and oxygen atoms in total. The molecule has 1 heterocycles. The average molecular weight is 336 g/mol. The van der Waals surface area contributed by atoms with Crippen LogP contribution in [0.15, 0.2) is 20.7 Å². The Morgan fingerprint density at radius 1 is 1.20 bits per heavy atom. The second kappa shape index (κ2) is 4.16. The molecule has 2 saturated carbocycles. The zero-order chi connectivity index (χ0) is 14.2. The summed E-state index contributed by atoms with van der Waals surface area (Å²) in [6.07, 6.45) is 3.40. The number of ether oxygens (including phenoxy) is 2. The molecule has 5 atom stereocenters. The molecule has 4 rings (SSSR count). The van der Waals surface area contributed by atoms with Crippen LogP contribution in [0.4, 0.5) is 0 Å². The van der Waals surface area contributed by atoms with E-state index in [1.807, 2.05) is 0 Å². The molecule has 3 aliphatic carbocycles. The maximum Gasteiger partial charge on any atom is 0.353 e. The second-order valence-corrected chi connectivity index (χ2v) is 7.15. The Hall–Kier alpha value is -0.220. The van der Waals surface area contributed by atoms with Gasteiger partial charge in [0.1, 0.15) is 10.1 Å². The number of hydrogen-bond acceptors (Lipinski definition) is 3. The first-order valence-corrected chi connectivity index (χ1v) is 7.89. The Bertz CT molecular complexity index is 582. The Balaban J connectivity index is 1.98. The zero-order valence-corrected chi connectivity index (χ0v) is 13.1. The van der Waals surface area contributed by atoms with Gasteiger partial charge in [0.05, 0.1) is 0 Å². The number of allylic oxidation sites excluding steroid dienone is 1. The number of methoxy groups -OCH3 is 1. The predicted octanol–water partition coefficient (Wildman–Crippen LogP) is 3.74. The summed E-state index contributed by atoms with van der Waals surface area (Å²) < 4.78 is 10.9. The Morgan fingerprint density at radius 3 is 2.50 bits per heavy atom. The van der Waals surface area contributed by atoms with Gasteiger partial charge in [-0.2, -0.15) is 0 Å². The van der Waals surface area contributed by atoms with Crippen molar-refractivity contribution in [1.82, 2.24) is 0 Å². The molecule has 0 N–H and O–H groups in total. The molecule has 0 aromatic heterocycles. The zero-order valence-electron chi connectivity index (χ0n) is 10.8. The quantitative estimate of drug-likeness (QED) is 0.685. The van der Waals surface area contributed by atoms with Crippen LogP contribution in [0.25, 0.3) is 0 Å². The molecular formula is C14H13Cl3O3. The van der Waals surface area contributed by atoms with Crippen molar-refractivity contribution in [2.45, 2.75) is 25.0 Å². The van der Waals surface area contributed by atoms with Crippen molar-refractivity contribution in [3.63, 3.8) is 0 Å². The van der Waals surface area contributed by atoms with Crippen LogP contribution in [-0.2, 0) is 14.3 Å². The van der Waals surface area contributed by atoms with Crippen molar-refractivity contribution in [2.75, 3.05) is 7.11 Å². The Morgan fingerprint density at radius 2 is 1.85 bits per heavy atom. The summed E-state index contributed by atoms with van der Waals surface area (Å²) in [6.45, 7) is 0. The van der Waals surface area contributed by atoms with E-state index in [2.05, 4.69) is 0 Å². The van der Waals surface area contributed by atoms with E-state index in [0.717, 1.165) is 19.3 Å². The Labute approximate surface area is 131 Å². The maximum absolute atomic E-state index is 11.9. The van der Waals surface area contributed by atoms with Gasteiger partial charge in [-0.1, -0.05) is 34.8 Å². The molecule has 2 bridgehead atoms. The normalized spacial score (nSPS) is 45.9. The molecule has 108 valence electrons. The number of carbonyl (C=O) groups excluding carboxylic acids is 1. The lowest BCUT2D eigenvalue weighted by molar-refractivity contribution is -0.180. The van der Waals surface area contributed by atoms with Crippen LogP contribution in [0.3, 0.4) is 0 Å². The van der Waals surface area contributed by atoms with Crippen LogP contribution in [0.5, 0.6) is 0 Å². The standard InChI is InChI=1S/C14H13Cl3O3/c1-19-14-9(11(16)13(18)20-14)7-5-2-3-6(4-5)8(7)10(15)12(14)17/h5-8H,2-4H2,1H3/t5-,6+,7+,8-,14+/m0/s1. The fraction of sp³-hybridized carbons (Fsp3) is 0.643. The maximum atomic E-state index is 11.9. The molecule has 2 fully saturated rings. The third-order valence-corrected chi connectivity index (χ3v) is 6.68. The van der Waals surface area contributed by atoms with Gasteiger partial charge < -0.3 is 9.47 Å². The summed E-state index contributed by atoms with van der Waals surface area (Å²) in [5.74, 6) is -0.690. The van der Waals surface area contributed by atoms with Gasteiger partial charge >= 0.3 is 5.97 Å². The highest BCUT2D eigenvalue weighted by Crippen LogP contribution is 2.66. The van der Waals surface area contributed by atoms with E-state index < -0.39 is 11.8 Å². The topological polar surface area (TPSA) is 35.5 Å². The summed E-state index contributed by atoms with van der Waals surface area (Å²) in [5.41, 5.74) is 0.693. The van der Waals surface area contributed by atoms with Crippen LogP contribution in [-0.4, -0.2) is 18.9 Å². The molecule has 20 heavy (non-hydrogen) atoms. The minimum Gasteiger partial charge on any atom is -0.419 e. The first-order valence-electron chi connectivity index (χ1n) is 6.75. The van der Waals surface area contributed by atoms with Crippen molar-refractivity contribution in [1.29, 1.82) is 0 Å². The highest BCUT2D eigenvalue weighted by molar-refractivity contribution is 6.44. The fourth-order valence-electron chi connectivity index (χ4n) is 4.63. The second-order valence-electron chi connectivity index (χ2n) is 5.98. The molecule has 0 aromatic carbocycles. The Kier molecular flexibility index (Phi) is 2.80. The van der Waals surface area contributed by atoms with Crippen molar-refractivity contribution in [3.8, 4) is 0 Å². The average Bonchev–Trinajstić information content (AvgIpc) is 3.10. The summed E-state index contributed by atoms with van der Waals surface area (Å²) >= 11 is 19.1. The largest absolute Gasteiger partial charge is 0.419 e. The van der Waals surface area contributed by atoms with Gasteiger partial charge in [0.2, 0.25) is 0 Å². The van der Waals surface area contributed by atoms with Gasteiger partial charge in [-0.25, -0.2) is 4.79 Å². The first-order chi connectivity index (χ1) is 9.51. The molecule has 1 aliphatic heterocycles. The van der Waals surface area contributed by atoms with Gasteiger partial charge in [0.25, 0.3) is 5.79 Å². The van der Waals surface area contributed by atoms with Gasteiger partial charge in [-0.15, -0.1) is 0 Å². The number of esters is 1. The highest BCUT2D eigenvalue weighted by atomic mass is 35.5. The molecule has 0 spiro atoms. The lowest BCUT2D eigenvalue weighted by Gasteiger charge is -2.43. The fourth-order valence-corrected chi connectivity index (χ4v) is 5.70. The van der Waals surface area contributed by atoms with Crippen LogP contribution in [0.2, 0.25) is 0 Å². The molecule has 0 unspecified atom stereocenters. The molecule has 0 amide bonds. The molecule has 0 radical (unpaired) electrons. The number of fused-ring (bicyclic) bond motifs is 7. The first kappa shape index (κ1) is 13.4. The van der Waals surface area contributed by atoms with Crippen LogP contribution in [0, 0.1) is 23.7 Å². The van der Waals surface area contributed by atoms with Gasteiger partial charge in [-0.3, -0.25) is 0 Å². The smallest absolute Gasteiger partial charge is 0.353 e. The SMILES string of the molecule is CO[C@@]12OC(=O)C(Cl)=C1[C@@H]1[C@H]3CC[C@H](C3)[C@@H]1C(Cl)=C2Cl. The van der Waals surface area contributed by atoms with Crippen molar-refractivity contribution < 1.29 is 14.3 Å². The van der Waals surface area contributed by atoms with E-state index in [1.165, 1.54) is 7.11 Å². The minimum atomic E-state index is -1.39. The van der Waals surface area contributed by atoms with Crippen molar-refractivity contribution in [3.05, 3.63) is 20.7 Å². The van der Waals surface area contributed by atoms with Gasteiger partial charge in [0.15, 0.2) is 0 Å². The van der Waals surface area contributed by atoms with E-state index in [4.69, 9.17) is 44.3 Å². The summed E-state index contributed by atoms with van der Waals surface area (Å²) in [6, 6.07) is 0. The summed E-state index contributed by atoms with van der Waals surface area (Å²) in [5, 5.41) is 0.958. The summed E-state index contributed by atoms with van der Waals surface area (Å²) in [7, 11) is 1.46. The van der Waals surface area contributed by atoms with E-state index in [1.54, 1.807) is 0 Å². The minimum absolute atomic E-state index is 0.114. The number of halogens is 3. The number of rotatable bonds is 1. The molecule has 4 aliphatic rings. The third-order valence-electron chi connectivity index (χ3n) is 5.34. The molecule has 0 aromatic rings. The van der Waals surface area contributed by atoms with Crippen LogP contribution >= 0.6 is 34.8 Å². The van der Waals surface area contributed by atoms with E-state index in [9.17, 15) is 4.79 Å². The lowest BCUT2D eigenvalue weighted by Crippen LogP contribution is -2.45. The van der Waals surface area contributed by atoms with E-state index in [-0.39, 0.29) is 21.9 Å². The highest BCUT2D eigenvalue weighted by Gasteiger charge is 2.64. The monoisotopic (exact) mass is 334 g/mol. The predicted molar refractivity (Wildman–Crippen MR) is 75.3 cm³/mol. The van der Waals surface area contributed by atoms with Gasteiger partial charge in [0, 0.05) is 23.6 Å².